The van der Waals surface area contributed by atoms with Gasteiger partial charge in [-0.25, -0.2) is 9.59 Å². The molecule has 9 atom stereocenters. The van der Waals surface area contributed by atoms with Gasteiger partial charge in [0.1, 0.15) is 30.5 Å². The maximum absolute atomic E-state index is 12.8. The van der Waals surface area contributed by atoms with Crippen molar-refractivity contribution in [2.24, 2.45) is 5.92 Å². The number of carbonyl (C=O) groups is 2. The van der Waals surface area contributed by atoms with Crippen molar-refractivity contribution in [3.8, 4) is 0 Å². The molecule has 0 spiro atoms. The SMILES string of the molecule is Cc1cc(C)c(C(=O)O)c(/C=C/C[C@@H]2OC(C)(C)O[C@@H]2C(O)/C=C\[C@@H](Cc2ccccc2)[C@H](C)O)c1.Cc1cc(C)c2c(c1)/C=C/C[C@@H]1OC(C)(C)O[C@@H]1C(O)/C=C\C[C@H](C)OC2=O.Cc1ccccc1. The van der Waals surface area contributed by atoms with Crippen LogP contribution in [0.4, 0.5) is 0 Å². The molecular weight excluding hydrogens is 897 g/mol. The number of esters is 1. The van der Waals surface area contributed by atoms with Gasteiger partial charge in [-0.05, 0) is 123 Å². The molecule has 0 saturated carbocycles. The highest BCUT2D eigenvalue weighted by Gasteiger charge is 2.44. The highest BCUT2D eigenvalue weighted by atomic mass is 16.8. The molecule has 3 aliphatic heterocycles. The molecule has 4 N–H and O–H groups in total. The maximum Gasteiger partial charge on any atom is 0.339 e. The molecule has 11 heteroatoms. The third-order valence-electron chi connectivity index (χ3n) is 12.4. The molecule has 0 aromatic heterocycles. The lowest BCUT2D eigenvalue weighted by molar-refractivity contribution is -0.152. The van der Waals surface area contributed by atoms with Crippen molar-refractivity contribution in [2.75, 3.05) is 0 Å². The van der Waals surface area contributed by atoms with E-state index in [-0.39, 0.29) is 29.7 Å². The fourth-order valence-corrected chi connectivity index (χ4v) is 9.16. The van der Waals surface area contributed by atoms with Gasteiger partial charge in [0, 0.05) is 12.3 Å². The van der Waals surface area contributed by atoms with E-state index in [1.54, 1.807) is 45.9 Å². The van der Waals surface area contributed by atoms with Crippen LogP contribution in [0.5, 0.6) is 0 Å². The lowest BCUT2D eigenvalue weighted by Gasteiger charge is -2.21. The highest BCUT2D eigenvalue weighted by Crippen LogP contribution is 2.35. The van der Waals surface area contributed by atoms with E-state index < -0.39 is 54.2 Å². The zero-order valence-electron chi connectivity index (χ0n) is 43.4. The fourth-order valence-electron chi connectivity index (χ4n) is 9.16. The van der Waals surface area contributed by atoms with E-state index in [0.717, 1.165) is 27.8 Å². The van der Waals surface area contributed by atoms with Crippen LogP contribution in [0, 0.1) is 40.5 Å². The first-order valence-corrected chi connectivity index (χ1v) is 24.7. The number of ether oxygens (including phenoxy) is 5. The average Bonchev–Trinajstić information content (AvgIpc) is 3.77. The van der Waals surface area contributed by atoms with Crippen LogP contribution in [-0.2, 0) is 30.1 Å². The van der Waals surface area contributed by atoms with Crippen molar-refractivity contribution >= 4 is 24.1 Å². The Morgan fingerprint density at radius 2 is 1.41 bits per heavy atom. The molecule has 382 valence electrons. The van der Waals surface area contributed by atoms with Crippen LogP contribution in [0.1, 0.15) is 126 Å². The minimum absolute atomic E-state index is 0.158. The summed E-state index contributed by atoms with van der Waals surface area (Å²) in [6, 6.07) is 27.9. The quantitative estimate of drug-likeness (QED) is 0.0884. The van der Waals surface area contributed by atoms with Crippen molar-refractivity contribution < 1.29 is 53.7 Å². The molecule has 0 amide bonds. The standard InChI is InChI=1S/C30H38O6.C23H30O5.C7H8/c1-19-16-20(2)27(29(33)34)24(17-19)12-9-13-26-28(36-30(4,5)35-26)25(32)15-14-23(21(3)31)18-22-10-7-6-8-11-22;1-14-12-15(2)20-17(13-14)9-7-11-19-21(28-23(4,5)27-19)18(24)10-6-8-16(3)26-22(20)25;1-7-5-3-2-4-6-7/h6-12,14-17,21,23,25-26,28,31-32H,13,18H2,1-5H3,(H,33,34);6-7,9-10,12-13,16,18-19,21,24H,8,11H2,1-5H3;2-6H,1H3/b12-9+,15-14-;9-7+,10-6-;/t21-,23-,25?,26-,28+;16-,18?,19-,21+;/m00./s1. The zero-order valence-corrected chi connectivity index (χ0v) is 43.4. The van der Waals surface area contributed by atoms with Crippen LogP contribution in [0.25, 0.3) is 12.2 Å². The van der Waals surface area contributed by atoms with Crippen molar-refractivity contribution in [2.45, 2.75) is 162 Å². The Kier molecular flexibility index (Phi) is 20.5. The van der Waals surface area contributed by atoms with Gasteiger partial charge < -0.3 is 44.1 Å². The van der Waals surface area contributed by atoms with E-state index in [2.05, 4.69) is 19.1 Å². The number of benzene rings is 4. The van der Waals surface area contributed by atoms with Gasteiger partial charge in [-0.3, -0.25) is 0 Å². The van der Waals surface area contributed by atoms with E-state index in [4.69, 9.17) is 23.7 Å². The zero-order chi connectivity index (χ0) is 52.0. The van der Waals surface area contributed by atoms with Crippen molar-refractivity contribution in [1.82, 2.24) is 0 Å². The van der Waals surface area contributed by atoms with Gasteiger partial charge in [0.25, 0.3) is 0 Å². The summed E-state index contributed by atoms with van der Waals surface area (Å²) in [5, 5.41) is 41.4. The number of hydrogen-bond acceptors (Lipinski definition) is 10. The number of hydrogen-bond donors (Lipinski definition) is 4. The molecule has 2 saturated heterocycles. The van der Waals surface area contributed by atoms with Gasteiger partial charge in [0.2, 0.25) is 0 Å². The molecule has 3 aliphatic rings. The summed E-state index contributed by atoms with van der Waals surface area (Å²) in [5.41, 5.74) is 8.45. The van der Waals surface area contributed by atoms with Crippen LogP contribution >= 0.6 is 0 Å². The summed E-state index contributed by atoms with van der Waals surface area (Å²) in [4.78, 5) is 24.5. The largest absolute Gasteiger partial charge is 0.478 e. The van der Waals surface area contributed by atoms with Crippen molar-refractivity contribution in [3.63, 3.8) is 0 Å². The summed E-state index contributed by atoms with van der Waals surface area (Å²) in [6.45, 7) is 20.7. The molecule has 4 aromatic rings. The Hall–Kier alpha value is -5.50. The minimum atomic E-state index is -0.963. The van der Waals surface area contributed by atoms with E-state index in [1.807, 2.05) is 145 Å². The first-order chi connectivity index (χ1) is 33.5. The van der Waals surface area contributed by atoms with Crippen LogP contribution in [0.3, 0.4) is 0 Å². The summed E-state index contributed by atoms with van der Waals surface area (Å²) in [5.74, 6) is -3.05. The normalized spacial score (nSPS) is 25.0. The van der Waals surface area contributed by atoms with Gasteiger partial charge in [-0.1, -0.05) is 150 Å². The molecule has 71 heavy (non-hydrogen) atoms. The van der Waals surface area contributed by atoms with E-state index in [9.17, 15) is 30.0 Å². The molecule has 0 bridgehead atoms. The lowest BCUT2D eigenvalue weighted by Crippen LogP contribution is -2.34. The summed E-state index contributed by atoms with van der Waals surface area (Å²) in [7, 11) is 0. The predicted molar refractivity (Wildman–Crippen MR) is 280 cm³/mol. The summed E-state index contributed by atoms with van der Waals surface area (Å²) in [6.07, 6.45) is 12.4. The molecule has 2 unspecified atom stereocenters. The number of carboxylic acid groups (broad SMARTS) is 1. The molecule has 0 radical (unpaired) electrons. The van der Waals surface area contributed by atoms with Crippen LogP contribution in [0.2, 0.25) is 0 Å². The van der Waals surface area contributed by atoms with Crippen molar-refractivity contribution in [1.29, 1.82) is 0 Å². The summed E-state index contributed by atoms with van der Waals surface area (Å²) >= 11 is 0. The number of rotatable bonds is 10. The second-order valence-corrected chi connectivity index (χ2v) is 19.9. The molecule has 3 heterocycles. The number of cyclic esters (lactones) is 1. The predicted octanol–water partition coefficient (Wildman–Crippen LogP) is 11.2. The Balaban J connectivity index is 0.000000237. The molecule has 2 fully saturated rings. The first-order valence-electron chi connectivity index (χ1n) is 24.7. The van der Waals surface area contributed by atoms with Gasteiger partial charge >= 0.3 is 11.9 Å². The van der Waals surface area contributed by atoms with Gasteiger partial charge in [-0.15, -0.1) is 0 Å². The number of fused-ring (bicyclic) bond motifs is 2. The van der Waals surface area contributed by atoms with Crippen LogP contribution in [0.15, 0.2) is 121 Å². The maximum atomic E-state index is 12.8. The summed E-state index contributed by atoms with van der Waals surface area (Å²) < 4.78 is 29.7. The smallest absolute Gasteiger partial charge is 0.339 e. The van der Waals surface area contributed by atoms with Gasteiger partial charge in [0.15, 0.2) is 11.6 Å². The monoisotopic (exact) mass is 973 g/mol. The van der Waals surface area contributed by atoms with Gasteiger partial charge in [0.05, 0.1) is 29.4 Å². The Morgan fingerprint density at radius 1 is 0.775 bits per heavy atom. The van der Waals surface area contributed by atoms with E-state index in [1.165, 1.54) is 5.56 Å². The molecule has 0 aliphatic carbocycles. The van der Waals surface area contributed by atoms with Crippen molar-refractivity contribution in [3.05, 3.63) is 177 Å². The topological polar surface area (TPSA) is 161 Å². The molecule has 4 aromatic carbocycles. The number of aryl methyl sites for hydroxylation is 5. The molecule has 7 rings (SSSR count). The minimum Gasteiger partial charge on any atom is -0.478 e. The van der Waals surface area contributed by atoms with Gasteiger partial charge in [-0.2, -0.15) is 0 Å². The second kappa shape index (κ2) is 25.7. The fraction of sp³-hybridized carbons (Fsp3) is 0.433. The van der Waals surface area contributed by atoms with E-state index in [0.29, 0.717) is 42.4 Å². The number of aromatic carboxylic acids is 1. The molecular formula is C60H76O11. The highest BCUT2D eigenvalue weighted by molar-refractivity contribution is 5.95. The Labute approximate surface area is 421 Å². The average molecular weight is 973 g/mol. The number of carbonyl (C=O) groups excluding carboxylic acids is 1. The lowest BCUT2D eigenvalue weighted by atomic mass is 9.93. The van der Waals surface area contributed by atoms with Crippen LogP contribution < -0.4 is 0 Å². The second-order valence-electron chi connectivity index (χ2n) is 19.9. The number of aliphatic hydroxyl groups excluding tert-OH is 3. The Morgan fingerprint density at radius 3 is 2.04 bits per heavy atom. The first kappa shape index (κ1) is 56.4. The molecule has 11 nitrogen and oxygen atoms in total. The third kappa shape index (κ3) is 17.1. The van der Waals surface area contributed by atoms with Crippen LogP contribution in [-0.4, -0.2) is 92.8 Å². The Bertz CT molecular complexity index is 2490. The number of carboxylic acids is 1. The number of aliphatic hydroxyl groups is 3. The van der Waals surface area contributed by atoms with E-state index >= 15 is 0 Å². The third-order valence-corrected chi connectivity index (χ3v) is 12.4.